The number of nitrogen functional groups attached to an aromatic ring is 1. The Labute approximate surface area is 150 Å². The monoisotopic (exact) mass is 363 g/mol. The fraction of sp³-hybridized carbons (Fsp3) is 0.556. The van der Waals surface area contributed by atoms with Gasteiger partial charge in [0.2, 0.25) is 0 Å². The second-order valence-electron chi connectivity index (χ2n) is 8.25. The van der Waals surface area contributed by atoms with Crippen LogP contribution in [0, 0.1) is 0 Å². The lowest BCUT2D eigenvalue weighted by Gasteiger charge is -2.27. The first kappa shape index (κ1) is 19.5. The number of hydrogen-bond donors (Lipinski definition) is 1. The number of carbonyl (C=O) groups excluding carboxylic acids is 2. The number of benzene rings is 1. The molecule has 1 aromatic rings. The zero-order chi connectivity index (χ0) is 18.8. The van der Waals surface area contributed by atoms with Crippen LogP contribution in [0.1, 0.15) is 19.4 Å². The summed E-state index contributed by atoms with van der Waals surface area (Å²) in [6.45, 7) is 11.3. The number of ether oxygens (including phenoxy) is 1. The molecule has 0 saturated carbocycles. The molecule has 0 aliphatic carbocycles. The molecule has 1 aliphatic rings. The van der Waals surface area contributed by atoms with E-state index >= 15 is 0 Å². The Morgan fingerprint density at radius 2 is 1.72 bits per heavy atom. The summed E-state index contributed by atoms with van der Waals surface area (Å²) in [6.07, 6.45) is 0. The highest BCUT2D eigenvalue weighted by Crippen LogP contribution is 2.29. The average molecular weight is 364 g/mol. The van der Waals surface area contributed by atoms with Crippen molar-refractivity contribution in [2.45, 2.75) is 51.6 Å². The van der Waals surface area contributed by atoms with Crippen LogP contribution in [0.25, 0.3) is 0 Å². The van der Waals surface area contributed by atoms with E-state index in [9.17, 15) is 9.59 Å². The van der Waals surface area contributed by atoms with Crippen LogP contribution in [0.2, 0.25) is 25.7 Å². The quantitative estimate of drug-likeness (QED) is 0.349. The van der Waals surface area contributed by atoms with E-state index < -0.39 is 13.6 Å². The Bertz CT molecular complexity index is 638. The molecule has 6 nitrogen and oxygen atoms in total. The van der Waals surface area contributed by atoms with Crippen LogP contribution >= 0.6 is 0 Å². The van der Waals surface area contributed by atoms with Crippen molar-refractivity contribution >= 4 is 25.7 Å². The number of urea groups is 1. The second kappa shape index (κ2) is 7.17. The Morgan fingerprint density at radius 1 is 1.12 bits per heavy atom. The predicted molar refractivity (Wildman–Crippen MR) is 102 cm³/mol. The minimum absolute atomic E-state index is 0.0177. The number of hydrogen-bond acceptors (Lipinski definition) is 4. The molecule has 0 aromatic heterocycles. The van der Waals surface area contributed by atoms with Crippen LogP contribution < -0.4 is 5.73 Å². The maximum Gasteiger partial charge on any atom is 0.329 e. The summed E-state index contributed by atoms with van der Waals surface area (Å²) in [5, 5.41) is 0. The molecule has 2 rings (SSSR count). The average Bonchev–Trinajstić information content (AvgIpc) is 2.66. The fourth-order valence-electron chi connectivity index (χ4n) is 2.64. The summed E-state index contributed by atoms with van der Waals surface area (Å²) in [5.41, 5.74) is 6.42. The lowest BCUT2D eigenvalue weighted by Crippen LogP contribution is -2.43. The first-order chi connectivity index (χ1) is 11.5. The van der Waals surface area contributed by atoms with Gasteiger partial charge < -0.3 is 15.4 Å². The Kier molecular flexibility index (Phi) is 5.58. The summed E-state index contributed by atoms with van der Waals surface area (Å²) in [4.78, 5) is 28.2. The molecular formula is C18H29N3O3Si. The van der Waals surface area contributed by atoms with Gasteiger partial charge in [0.05, 0.1) is 0 Å². The lowest BCUT2D eigenvalue weighted by atomic mass is 10.0. The number of rotatable bonds is 7. The summed E-state index contributed by atoms with van der Waals surface area (Å²) in [5.74, 6) is -0.221. The number of nitrogens with zero attached hydrogens (tertiary/aromatic N) is 2. The maximum absolute atomic E-state index is 12.7. The highest BCUT2D eigenvalue weighted by Gasteiger charge is 2.51. The van der Waals surface area contributed by atoms with Gasteiger partial charge in [-0.15, -0.1) is 0 Å². The number of nitrogens with two attached hydrogens (primary N) is 1. The van der Waals surface area contributed by atoms with Gasteiger partial charge in [-0.05, 0) is 37.6 Å². The summed E-state index contributed by atoms with van der Waals surface area (Å²) >= 11 is 0. The molecule has 1 saturated heterocycles. The van der Waals surface area contributed by atoms with Gasteiger partial charge in [0.15, 0.2) is 0 Å². The molecule has 0 atom stereocenters. The van der Waals surface area contributed by atoms with E-state index in [0.717, 1.165) is 11.6 Å². The zero-order valence-corrected chi connectivity index (χ0v) is 16.8. The minimum atomic E-state index is -1.20. The molecule has 1 fully saturated rings. The van der Waals surface area contributed by atoms with Crippen molar-refractivity contribution < 1.29 is 14.3 Å². The molecule has 1 aliphatic heterocycles. The third kappa shape index (κ3) is 4.61. The van der Waals surface area contributed by atoms with Gasteiger partial charge in [0, 0.05) is 26.9 Å². The number of imide groups is 1. The van der Waals surface area contributed by atoms with Gasteiger partial charge in [0.1, 0.15) is 12.3 Å². The molecule has 0 bridgehead atoms. The molecule has 0 radical (unpaired) electrons. The molecule has 1 heterocycles. The van der Waals surface area contributed by atoms with Crippen LogP contribution in [0.4, 0.5) is 10.5 Å². The smallest absolute Gasteiger partial charge is 0.329 e. The Hall–Kier alpha value is -1.86. The standard InChI is InChI=1S/C18H29N3O3Si/c1-18(2)16(22)20(13-24-10-11-25(3,4)5)17(23)21(18)12-14-6-8-15(19)9-7-14/h6-9H,10-13,19H2,1-5H3. The van der Waals surface area contributed by atoms with Crippen LogP contribution in [0.3, 0.4) is 0 Å². The van der Waals surface area contributed by atoms with Crippen molar-refractivity contribution in [2.24, 2.45) is 0 Å². The van der Waals surface area contributed by atoms with E-state index in [1.54, 1.807) is 30.9 Å². The molecular weight excluding hydrogens is 334 g/mol. The Morgan fingerprint density at radius 3 is 2.28 bits per heavy atom. The topological polar surface area (TPSA) is 75.9 Å². The SMILES string of the molecule is CC1(C)C(=O)N(COCC[Si](C)(C)C)C(=O)N1Cc1ccc(N)cc1. The fourth-order valence-corrected chi connectivity index (χ4v) is 3.39. The highest BCUT2D eigenvalue weighted by atomic mass is 28.3. The van der Waals surface area contributed by atoms with Crippen molar-refractivity contribution in [3.63, 3.8) is 0 Å². The lowest BCUT2D eigenvalue weighted by molar-refractivity contribution is -0.135. The van der Waals surface area contributed by atoms with Gasteiger partial charge in [0.25, 0.3) is 5.91 Å². The number of carbonyl (C=O) groups is 2. The zero-order valence-electron chi connectivity index (χ0n) is 15.8. The van der Waals surface area contributed by atoms with Crippen molar-refractivity contribution in [2.75, 3.05) is 19.1 Å². The van der Waals surface area contributed by atoms with Crippen molar-refractivity contribution in [1.29, 1.82) is 0 Å². The number of amides is 3. The highest BCUT2D eigenvalue weighted by molar-refractivity contribution is 6.76. The largest absolute Gasteiger partial charge is 0.399 e. The van der Waals surface area contributed by atoms with E-state index in [-0.39, 0.29) is 18.7 Å². The van der Waals surface area contributed by atoms with E-state index in [2.05, 4.69) is 19.6 Å². The molecule has 0 spiro atoms. The first-order valence-electron chi connectivity index (χ1n) is 8.58. The first-order valence-corrected chi connectivity index (χ1v) is 12.3. The van der Waals surface area contributed by atoms with Gasteiger partial charge in [-0.2, -0.15) is 0 Å². The predicted octanol–water partition coefficient (Wildman–Crippen LogP) is 3.12. The summed E-state index contributed by atoms with van der Waals surface area (Å²) in [6, 6.07) is 8.03. The van der Waals surface area contributed by atoms with Gasteiger partial charge >= 0.3 is 6.03 Å². The second-order valence-corrected chi connectivity index (χ2v) is 13.9. The molecule has 1 aromatic carbocycles. The van der Waals surface area contributed by atoms with E-state index in [1.165, 1.54) is 4.90 Å². The third-order valence-electron chi connectivity index (χ3n) is 4.44. The third-order valence-corrected chi connectivity index (χ3v) is 6.15. The Balaban J connectivity index is 2.03. The summed E-state index contributed by atoms with van der Waals surface area (Å²) in [7, 11) is -1.20. The van der Waals surface area contributed by atoms with E-state index in [0.29, 0.717) is 18.8 Å². The molecule has 2 N–H and O–H groups in total. The van der Waals surface area contributed by atoms with Crippen LogP contribution in [-0.4, -0.2) is 48.7 Å². The van der Waals surface area contributed by atoms with E-state index in [4.69, 9.17) is 10.5 Å². The normalized spacial score (nSPS) is 17.5. The molecule has 0 unspecified atom stereocenters. The van der Waals surface area contributed by atoms with Crippen LogP contribution in [0.15, 0.2) is 24.3 Å². The van der Waals surface area contributed by atoms with Crippen molar-refractivity contribution in [3.8, 4) is 0 Å². The number of anilines is 1. The van der Waals surface area contributed by atoms with Crippen LogP contribution in [0.5, 0.6) is 0 Å². The summed E-state index contributed by atoms with van der Waals surface area (Å²) < 4.78 is 5.62. The molecule has 138 valence electrons. The molecule has 3 amide bonds. The van der Waals surface area contributed by atoms with Gasteiger partial charge in [-0.3, -0.25) is 4.79 Å². The van der Waals surface area contributed by atoms with Gasteiger partial charge in [-0.25, -0.2) is 9.69 Å². The van der Waals surface area contributed by atoms with E-state index in [1.807, 2.05) is 12.1 Å². The molecule has 7 heteroatoms. The molecule has 25 heavy (non-hydrogen) atoms. The van der Waals surface area contributed by atoms with Gasteiger partial charge in [-0.1, -0.05) is 31.8 Å². The van der Waals surface area contributed by atoms with Crippen molar-refractivity contribution in [3.05, 3.63) is 29.8 Å². The minimum Gasteiger partial charge on any atom is -0.399 e. The van der Waals surface area contributed by atoms with Crippen LogP contribution in [-0.2, 0) is 16.1 Å². The maximum atomic E-state index is 12.7. The van der Waals surface area contributed by atoms with Crippen molar-refractivity contribution in [1.82, 2.24) is 9.80 Å².